The molecule has 0 saturated carbocycles. The van der Waals surface area contributed by atoms with E-state index in [-0.39, 0.29) is 17.9 Å². The Kier molecular flexibility index (Phi) is 10.2. The van der Waals surface area contributed by atoms with Gasteiger partial charge in [-0.15, -0.1) is 0 Å². The Bertz CT molecular complexity index is 1300. The van der Waals surface area contributed by atoms with Crippen LogP contribution < -0.4 is 4.90 Å². The van der Waals surface area contributed by atoms with Crippen molar-refractivity contribution >= 4 is 41.1 Å². The molecule has 38 heavy (non-hydrogen) atoms. The molecule has 0 radical (unpaired) electrons. The van der Waals surface area contributed by atoms with Gasteiger partial charge in [0, 0.05) is 34.0 Å². The van der Waals surface area contributed by atoms with Gasteiger partial charge in [0.05, 0.1) is 6.04 Å². The quantitative estimate of drug-likeness (QED) is 0.322. The summed E-state index contributed by atoms with van der Waals surface area (Å²) < 4.78 is 1.84. The number of benzene rings is 2. The molecule has 3 aromatic rings. The molecule has 8 heteroatoms. The third kappa shape index (κ3) is 6.31. The van der Waals surface area contributed by atoms with Crippen LogP contribution >= 0.6 is 23.2 Å². The van der Waals surface area contributed by atoms with E-state index in [9.17, 15) is 4.79 Å². The van der Waals surface area contributed by atoms with Crippen molar-refractivity contribution in [1.29, 1.82) is 0 Å². The van der Waals surface area contributed by atoms with Gasteiger partial charge in [0.1, 0.15) is 6.29 Å². The molecule has 5 rings (SSSR count). The average Bonchev–Trinajstić information content (AvgIpc) is 3.52. The topological polar surface area (TPSA) is 58.4 Å². The van der Waals surface area contributed by atoms with Gasteiger partial charge < -0.3 is 9.69 Å². The lowest BCUT2D eigenvalue weighted by Crippen LogP contribution is -2.31. The lowest BCUT2D eigenvalue weighted by atomic mass is 9.92. The molecule has 0 bridgehead atoms. The predicted molar refractivity (Wildman–Crippen MR) is 157 cm³/mol. The van der Waals surface area contributed by atoms with Crippen LogP contribution in [0, 0.1) is 13.8 Å². The maximum atomic E-state index is 13.6. The molecule has 1 unspecified atom stereocenters. The number of rotatable bonds is 3. The van der Waals surface area contributed by atoms with Gasteiger partial charge in [0.15, 0.2) is 5.69 Å². The van der Waals surface area contributed by atoms with Crippen molar-refractivity contribution in [2.24, 2.45) is 7.05 Å². The molecule has 0 aliphatic carbocycles. The number of carbonyl (C=O) groups is 2. The van der Waals surface area contributed by atoms with Crippen molar-refractivity contribution in [3.8, 4) is 0 Å². The largest absolute Gasteiger partial charge is 0.306 e. The summed E-state index contributed by atoms with van der Waals surface area (Å²) in [6.07, 6.45) is 3.58. The zero-order chi connectivity index (χ0) is 28.1. The number of hydrogen-bond acceptors (Lipinski definition) is 4. The molecule has 1 atom stereocenters. The summed E-state index contributed by atoms with van der Waals surface area (Å²) in [4.78, 5) is 26.6. The number of halogens is 2. The first kappa shape index (κ1) is 29.9. The van der Waals surface area contributed by atoms with Crippen LogP contribution in [0.2, 0.25) is 10.0 Å². The van der Waals surface area contributed by atoms with E-state index in [1.165, 1.54) is 32.9 Å². The van der Waals surface area contributed by atoms with Gasteiger partial charge in [-0.2, -0.15) is 5.10 Å². The second-order valence-corrected chi connectivity index (χ2v) is 11.1. The van der Waals surface area contributed by atoms with Crippen LogP contribution in [-0.4, -0.2) is 47.0 Å². The number of amides is 1. The van der Waals surface area contributed by atoms with Crippen molar-refractivity contribution in [2.45, 2.75) is 59.4 Å². The van der Waals surface area contributed by atoms with Crippen LogP contribution in [-0.2, 0) is 11.8 Å². The van der Waals surface area contributed by atoms with Gasteiger partial charge in [0.2, 0.25) is 0 Å². The van der Waals surface area contributed by atoms with Crippen molar-refractivity contribution in [3.05, 3.63) is 80.1 Å². The van der Waals surface area contributed by atoms with E-state index in [1.54, 1.807) is 0 Å². The number of fused-ring (bicyclic) bond motifs is 1. The van der Waals surface area contributed by atoms with Gasteiger partial charge in [0.25, 0.3) is 5.91 Å². The van der Waals surface area contributed by atoms with Crippen LogP contribution in [0.3, 0.4) is 0 Å². The van der Waals surface area contributed by atoms with Crippen molar-refractivity contribution < 1.29 is 9.59 Å². The molecule has 2 aliphatic rings. The maximum absolute atomic E-state index is 13.6. The highest BCUT2D eigenvalue weighted by molar-refractivity contribution is 6.31. The number of likely N-dealkylation sites (tertiary alicyclic amines) is 1. The Morgan fingerprint density at radius 2 is 1.55 bits per heavy atom. The van der Waals surface area contributed by atoms with Gasteiger partial charge >= 0.3 is 0 Å². The van der Waals surface area contributed by atoms with Crippen molar-refractivity contribution in [3.63, 3.8) is 0 Å². The molecule has 204 valence electrons. The number of nitrogens with zero attached hydrogens (tertiary/aromatic N) is 4. The Hall–Kier alpha value is -2.67. The third-order valence-electron chi connectivity index (χ3n) is 6.92. The fourth-order valence-corrected chi connectivity index (χ4v) is 5.63. The Labute approximate surface area is 236 Å². The predicted octanol–water partition coefficient (Wildman–Crippen LogP) is 7.13. The van der Waals surface area contributed by atoms with Crippen molar-refractivity contribution in [1.82, 2.24) is 14.7 Å². The molecule has 3 heterocycles. The molecule has 0 N–H and O–H groups in total. The SMILES string of the molecule is CC=O.CN1CCCC1.Cc1cc(Cl)ccc1C1c2c(nn(C)c2C(C)C)C(=O)N1c1cc(Cl)ccc1C. The van der Waals surface area contributed by atoms with Crippen LogP contribution in [0.1, 0.15) is 84.0 Å². The Morgan fingerprint density at radius 3 is 2.08 bits per heavy atom. The molecular weight excluding hydrogens is 519 g/mol. The zero-order valence-electron chi connectivity index (χ0n) is 23.4. The van der Waals surface area contributed by atoms with E-state index < -0.39 is 0 Å². The number of aryl methyl sites for hydroxylation is 3. The minimum Gasteiger partial charge on any atom is -0.306 e. The minimum absolute atomic E-state index is 0.104. The molecule has 1 aromatic heterocycles. The highest BCUT2D eigenvalue weighted by atomic mass is 35.5. The first-order valence-corrected chi connectivity index (χ1v) is 13.8. The molecule has 2 aliphatic heterocycles. The third-order valence-corrected chi connectivity index (χ3v) is 7.39. The standard InChI is InChI=1S/C23H23Cl2N3O.C5H11N.C2H4O/c1-12(2)21-19-20(26-27(21)5)23(29)28(18-11-16(25)7-6-13(18)3)22(19)17-9-8-15(24)10-14(17)4;1-6-4-2-3-5-6;1-2-3/h6-12,22H,1-5H3;2-5H2,1H3;2H,1H3. The average molecular weight is 558 g/mol. The smallest absolute Gasteiger partial charge is 0.280 e. The number of carbonyl (C=O) groups excluding carboxylic acids is 2. The summed E-state index contributed by atoms with van der Waals surface area (Å²) in [6, 6.07) is 11.2. The first-order valence-electron chi connectivity index (χ1n) is 13.0. The molecule has 6 nitrogen and oxygen atoms in total. The normalized spacial score (nSPS) is 16.6. The fourth-order valence-electron chi connectivity index (χ4n) is 5.23. The van der Waals surface area contributed by atoms with E-state index in [0.29, 0.717) is 15.7 Å². The second-order valence-electron chi connectivity index (χ2n) is 10.2. The number of aromatic nitrogens is 2. The van der Waals surface area contributed by atoms with Crippen LogP contribution in [0.5, 0.6) is 0 Å². The van der Waals surface area contributed by atoms with E-state index in [1.807, 2.05) is 66.9 Å². The van der Waals surface area contributed by atoms with Crippen LogP contribution in [0.4, 0.5) is 5.69 Å². The lowest BCUT2D eigenvalue weighted by Gasteiger charge is -2.30. The summed E-state index contributed by atoms with van der Waals surface area (Å²) in [7, 11) is 4.08. The highest BCUT2D eigenvalue weighted by Gasteiger charge is 2.45. The summed E-state index contributed by atoms with van der Waals surface area (Å²) in [5, 5.41) is 5.88. The molecule has 2 aromatic carbocycles. The number of anilines is 1. The van der Waals surface area contributed by atoms with Gasteiger partial charge in [-0.1, -0.05) is 49.2 Å². The monoisotopic (exact) mass is 556 g/mol. The van der Waals surface area contributed by atoms with E-state index in [2.05, 4.69) is 30.9 Å². The summed E-state index contributed by atoms with van der Waals surface area (Å²) in [6.45, 7) is 12.4. The molecule has 1 saturated heterocycles. The van der Waals surface area contributed by atoms with Crippen LogP contribution in [0.15, 0.2) is 36.4 Å². The van der Waals surface area contributed by atoms with Gasteiger partial charge in [-0.05, 0) is 101 Å². The maximum Gasteiger partial charge on any atom is 0.280 e. The Balaban J connectivity index is 0.000000380. The van der Waals surface area contributed by atoms with E-state index in [4.69, 9.17) is 28.0 Å². The number of aldehydes is 1. The zero-order valence-corrected chi connectivity index (χ0v) is 24.9. The fraction of sp³-hybridized carbons (Fsp3) is 0.433. The van der Waals surface area contributed by atoms with Gasteiger partial charge in [-0.25, -0.2) is 0 Å². The summed E-state index contributed by atoms with van der Waals surface area (Å²) in [5.41, 5.74) is 6.40. The van der Waals surface area contributed by atoms with E-state index >= 15 is 0 Å². The van der Waals surface area contributed by atoms with Gasteiger partial charge in [-0.3, -0.25) is 14.4 Å². The highest BCUT2D eigenvalue weighted by Crippen LogP contribution is 2.46. The minimum atomic E-state index is -0.280. The second kappa shape index (κ2) is 12.9. The molecule has 1 fully saturated rings. The first-order chi connectivity index (χ1) is 18.0. The molecule has 1 amide bonds. The molecular formula is C30H38Cl2N4O2. The van der Waals surface area contributed by atoms with Crippen molar-refractivity contribution in [2.75, 3.05) is 25.0 Å². The van der Waals surface area contributed by atoms with Crippen LogP contribution in [0.25, 0.3) is 0 Å². The molecule has 0 spiro atoms. The van der Waals surface area contributed by atoms with E-state index in [0.717, 1.165) is 39.9 Å². The summed E-state index contributed by atoms with van der Waals surface area (Å²) >= 11 is 12.5. The summed E-state index contributed by atoms with van der Waals surface area (Å²) in [5.74, 6) is 0.117. The lowest BCUT2D eigenvalue weighted by molar-refractivity contribution is -0.106. The number of hydrogen-bond donors (Lipinski definition) is 0. The Morgan fingerprint density at radius 1 is 0.974 bits per heavy atom.